The van der Waals surface area contributed by atoms with Gasteiger partial charge in [0.05, 0.1) is 0 Å². The van der Waals surface area contributed by atoms with Crippen LogP contribution in [0.25, 0.3) is 0 Å². The molecule has 7 heavy (non-hydrogen) atoms. The summed E-state index contributed by atoms with van der Waals surface area (Å²) >= 11 is 0. The zero-order valence-corrected chi connectivity index (χ0v) is 5.08. The summed E-state index contributed by atoms with van der Waals surface area (Å²) in [6.07, 6.45) is 1.90. The van der Waals surface area contributed by atoms with Crippen molar-refractivity contribution >= 4 is 0 Å². The van der Waals surface area contributed by atoms with E-state index in [1.54, 1.807) is 0 Å². The normalized spacial score (nSPS) is 11.0. The Morgan fingerprint density at radius 3 is 2.14 bits per heavy atom. The number of hydrogen-bond acceptors (Lipinski definition) is 2. The molecule has 0 saturated heterocycles. The van der Waals surface area contributed by atoms with Crippen LogP contribution in [0.4, 0.5) is 0 Å². The molecular weight excluding hydrogens is 88.1 g/mol. The number of rotatable bonds is 2. The van der Waals surface area contributed by atoms with E-state index in [2.05, 4.69) is 10.6 Å². The van der Waals surface area contributed by atoms with E-state index in [1.807, 2.05) is 27.2 Å². The summed E-state index contributed by atoms with van der Waals surface area (Å²) in [4.78, 5) is 0. The molecule has 0 aromatic rings. The third-order valence-electron chi connectivity index (χ3n) is 0.755. The monoisotopic (exact) mass is 100 g/mol. The summed E-state index contributed by atoms with van der Waals surface area (Å²) < 4.78 is 0. The number of hydrogen-bond donors (Lipinski definition) is 2. The van der Waals surface area contributed by atoms with Gasteiger partial charge in [-0.2, -0.15) is 0 Å². The third-order valence-corrected chi connectivity index (χ3v) is 0.755. The molecule has 0 unspecified atom stereocenters. The minimum Gasteiger partial charge on any atom is -0.393 e. The average molecular weight is 100 g/mol. The Labute approximate surface area is 44.6 Å². The summed E-state index contributed by atoms with van der Waals surface area (Å²) in [5, 5.41) is 5.86. The number of nitrogens with one attached hydrogen (secondary N) is 2. The van der Waals surface area contributed by atoms with Gasteiger partial charge >= 0.3 is 0 Å². The van der Waals surface area contributed by atoms with E-state index in [0.717, 1.165) is 5.70 Å². The van der Waals surface area contributed by atoms with Gasteiger partial charge in [-0.05, 0) is 6.92 Å². The van der Waals surface area contributed by atoms with Crippen molar-refractivity contribution in [2.24, 2.45) is 0 Å². The smallest absolute Gasteiger partial charge is 0.0232 e. The average Bonchev–Trinajstić information content (AvgIpc) is 1.68. The lowest BCUT2D eigenvalue weighted by Gasteiger charge is -1.95. The highest BCUT2D eigenvalue weighted by Gasteiger charge is 1.73. The van der Waals surface area contributed by atoms with Gasteiger partial charge in [-0.1, -0.05) is 0 Å². The SMILES string of the molecule is CNC=C(C)NC. The molecule has 0 radical (unpaired) electrons. The molecule has 0 heterocycles. The van der Waals surface area contributed by atoms with Crippen LogP contribution in [-0.4, -0.2) is 14.1 Å². The molecule has 2 heteroatoms. The van der Waals surface area contributed by atoms with Crippen molar-refractivity contribution < 1.29 is 0 Å². The quantitative estimate of drug-likeness (QED) is 0.521. The lowest BCUT2D eigenvalue weighted by atomic mass is 10.5. The molecule has 0 saturated carbocycles. The lowest BCUT2D eigenvalue weighted by molar-refractivity contribution is 0.943. The van der Waals surface area contributed by atoms with Crippen molar-refractivity contribution in [2.75, 3.05) is 14.1 Å². The van der Waals surface area contributed by atoms with Crippen LogP contribution < -0.4 is 10.6 Å². The van der Waals surface area contributed by atoms with Gasteiger partial charge in [0.2, 0.25) is 0 Å². The molecule has 0 aromatic carbocycles. The summed E-state index contributed by atoms with van der Waals surface area (Å²) in [6.45, 7) is 2.00. The Morgan fingerprint density at radius 2 is 2.00 bits per heavy atom. The van der Waals surface area contributed by atoms with Crippen LogP contribution in [-0.2, 0) is 0 Å². The van der Waals surface area contributed by atoms with Crippen molar-refractivity contribution in [3.8, 4) is 0 Å². The van der Waals surface area contributed by atoms with Gasteiger partial charge in [0.15, 0.2) is 0 Å². The third kappa shape index (κ3) is 3.16. The van der Waals surface area contributed by atoms with Crippen LogP contribution in [0.3, 0.4) is 0 Å². The highest BCUT2D eigenvalue weighted by molar-refractivity contribution is 4.90. The van der Waals surface area contributed by atoms with Crippen LogP contribution in [0.5, 0.6) is 0 Å². The molecule has 0 fully saturated rings. The number of allylic oxidation sites excluding steroid dienone is 1. The van der Waals surface area contributed by atoms with Crippen molar-refractivity contribution in [3.63, 3.8) is 0 Å². The van der Waals surface area contributed by atoms with E-state index >= 15 is 0 Å². The topological polar surface area (TPSA) is 24.1 Å². The predicted molar refractivity (Wildman–Crippen MR) is 31.9 cm³/mol. The van der Waals surface area contributed by atoms with Crippen molar-refractivity contribution in [1.29, 1.82) is 0 Å². The maximum Gasteiger partial charge on any atom is 0.0232 e. The molecular formula is C5H12N2. The molecule has 0 aromatic heterocycles. The van der Waals surface area contributed by atoms with E-state index in [9.17, 15) is 0 Å². The maximum absolute atomic E-state index is 2.96. The van der Waals surface area contributed by atoms with Gasteiger partial charge in [0.25, 0.3) is 0 Å². The van der Waals surface area contributed by atoms with Gasteiger partial charge in [0, 0.05) is 26.0 Å². The molecule has 42 valence electrons. The van der Waals surface area contributed by atoms with E-state index in [1.165, 1.54) is 0 Å². The van der Waals surface area contributed by atoms with Gasteiger partial charge in [-0.15, -0.1) is 0 Å². The largest absolute Gasteiger partial charge is 0.393 e. The van der Waals surface area contributed by atoms with Crippen molar-refractivity contribution in [1.82, 2.24) is 10.6 Å². The Hall–Kier alpha value is -0.660. The first-order valence-corrected chi connectivity index (χ1v) is 2.33. The van der Waals surface area contributed by atoms with Crippen LogP contribution in [0.1, 0.15) is 6.92 Å². The standard InChI is InChI=1S/C5H12N2/c1-5(7-3)4-6-2/h4,6-7H,1-3H3. The molecule has 0 atom stereocenters. The van der Waals surface area contributed by atoms with Gasteiger partial charge in [-0.25, -0.2) is 0 Å². The van der Waals surface area contributed by atoms with E-state index in [-0.39, 0.29) is 0 Å². The summed E-state index contributed by atoms with van der Waals surface area (Å²) in [5.41, 5.74) is 1.14. The van der Waals surface area contributed by atoms with E-state index < -0.39 is 0 Å². The first kappa shape index (κ1) is 6.34. The van der Waals surface area contributed by atoms with E-state index in [0.29, 0.717) is 0 Å². The molecule has 0 spiro atoms. The lowest BCUT2D eigenvalue weighted by Crippen LogP contribution is -2.05. The minimum absolute atomic E-state index is 1.14. The van der Waals surface area contributed by atoms with Crippen LogP contribution in [0.2, 0.25) is 0 Å². The zero-order valence-electron chi connectivity index (χ0n) is 5.08. The predicted octanol–water partition coefficient (Wildman–Crippen LogP) is 0.286. The highest BCUT2D eigenvalue weighted by Crippen LogP contribution is 1.75. The molecule has 2 N–H and O–H groups in total. The fourth-order valence-electron chi connectivity index (χ4n) is 0.289. The summed E-state index contributed by atoms with van der Waals surface area (Å²) in [7, 11) is 3.77. The first-order chi connectivity index (χ1) is 3.31. The second-order valence-electron chi connectivity index (χ2n) is 1.37. The summed E-state index contributed by atoms with van der Waals surface area (Å²) in [6, 6.07) is 0. The van der Waals surface area contributed by atoms with Crippen LogP contribution in [0, 0.1) is 0 Å². The van der Waals surface area contributed by atoms with Crippen LogP contribution in [0.15, 0.2) is 11.9 Å². The van der Waals surface area contributed by atoms with Gasteiger partial charge in [-0.3, -0.25) is 0 Å². The van der Waals surface area contributed by atoms with Crippen molar-refractivity contribution in [2.45, 2.75) is 6.92 Å². The zero-order chi connectivity index (χ0) is 5.70. The Morgan fingerprint density at radius 1 is 1.43 bits per heavy atom. The molecule has 0 bridgehead atoms. The summed E-state index contributed by atoms with van der Waals surface area (Å²) in [5.74, 6) is 0. The molecule has 0 aliphatic carbocycles. The van der Waals surface area contributed by atoms with Gasteiger partial charge < -0.3 is 10.6 Å². The molecule has 0 aliphatic rings. The first-order valence-electron chi connectivity index (χ1n) is 2.33. The fraction of sp³-hybridized carbons (Fsp3) is 0.600. The maximum atomic E-state index is 2.96. The second-order valence-corrected chi connectivity index (χ2v) is 1.37. The Balaban J connectivity index is 3.29. The van der Waals surface area contributed by atoms with Crippen molar-refractivity contribution in [3.05, 3.63) is 11.9 Å². The second kappa shape index (κ2) is 3.53. The Kier molecular flexibility index (Phi) is 3.19. The Bertz CT molecular complexity index is 66.5. The van der Waals surface area contributed by atoms with Crippen LogP contribution >= 0.6 is 0 Å². The minimum atomic E-state index is 1.14. The highest BCUT2D eigenvalue weighted by atomic mass is 14.9. The molecule has 0 amide bonds. The fourth-order valence-corrected chi connectivity index (χ4v) is 0.289. The molecule has 2 nitrogen and oxygen atoms in total. The molecule has 0 aliphatic heterocycles. The van der Waals surface area contributed by atoms with E-state index in [4.69, 9.17) is 0 Å². The molecule has 0 rings (SSSR count). The van der Waals surface area contributed by atoms with Gasteiger partial charge in [0.1, 0.15) is 0 Å².